The van der Waals surface area contributed by atoms with Gasteiger partial charge in [0.1, 0.15) is 23.5 Å². The van der Waals surface area contributed by atoms with Crippen LogP contribution in [0.5, 0.6) is 0 Å². The van der Waals surface area contributed by atoms with Gasteiger partial charge in [0.05, 0.1) is 17.8 Å². The zero-order valence-corrected chi connectivity index (χ0v) is 22.6. The van der Waals surface area contributed by atoms with Crippen LogP contribution in [0.3, 0.4) is 0 Å². The van der Waals surface area contributed by atoms with Gasteiger partial charge in [-0.05, 0) is 39.1 Å². The fourth-order valence-corrected chi connectivity index (χ4v) is 5.09. The standard InChI is InChI=1S/C26H31F3N8O3/c1-16(38)36-11-10-35(24(40)25(36,2)3)20(13-31-23(39)17-8-6-5-7-9-17)34(4)14-18-12-19(26(27,28)29)21-22(30)32-15-33-37(18)21/h5-9,12,15,20H,10-11,13-14H2,1-4H3,(H,31,39)(H2,30,32,33). The molecule has 11 nitrogen and oxygen atoms in total. The second-order valence-electron chi connectivity index (χ2n) is 10.2. The number of aromatic nitrogens is 3. The van der Waals surface area contributed by atoms with E-state index >= 15 is 0 Å². The van der Waals surface area contributed by atoms with E-state index in [0.29, 0.717) is 5.56 Å². The van der Waals surface area contributed by atoms with E-state index in [1.807, 2.05) is 0 Å². The SMILES string of the molecule is CC(=O)N1CCN(C(CNC(=O)c2ccccc2)N(C)Cc2cc(C(F)(F)F)c3c(N)ncnn23)C(=O)C1(C)C. The van der Waals surface area contributed by atoms with Crippen LogP contribution in [0, 0.1) is 0 Å². The zero-order valence-electron chi connectivity index (χ0n) is 22.6. The van der Waals surface area contributed by atoms with E-state index in [1.165, 1.54) is 16.7 Å². The highest BCUT2D eigenvalue weighted by Crippen LogP contribution is 2.36. The highest BCUT2D eigenvalue weighted by Gasteiger charge is 2.46. The molecule has 1 atom stereocenters. The number of hydrogen-bond donors (Lipinski definition) is 2. The van der Waals surface area contributed by atoms with Gasteiger partial charge in [-0.15, -0.1) is 0 Å². The molecule has 214 valence electrons. The number of amides is 3. The molecule has 0 aliphatic carbocycles. The average Bonchev–Trinajstić information content (AvgIpc) is 3.27. The van der Waals surface area contributed by atoms with Crippen molar-refractivity contribution in [3.8, 4) is 0 Å². The lowest BCUT2D eigenvalue weighted by Crippen LogP contribution is -2.69. The van der Waals surface area contributed by atoms with Crippen molar-refractivity contribution >= 4 is 29.1 Å². The number of nitrogens with two attached hydrogens (primary N) is 1. The molecule has 14 heteroatoms. The van der Waals surface area contributed by atoms with Crippen LogP contribution in [0.15, 0.2) is 42.7 Å². The molecule has 1 aliphatic heterocycles. The third-order valence-corrected chi connectivity index (χ3v) is 7.13. The molecule has 3 heterocycles. The van der Waals surface area contributed by atoms with Crippen LogP contribution in [-0.4, -0.2) is 85.4 Å². The van der Waals surface area contributed by atoms with Gasteiger partial charge in [0.25, 0.3) is 5.91 Å². The Balaban J connectivity index is 1.68. The zero-order chi connectivity index (χ0) is 29.4. The summed E-state index contributed by atoms with van der Waals surface area (Å²) in [5, 5.41) is 6.82. The molecule has 3 amide bonds. The van der Waals surface area contributed by atoms with Crippen LogP contribution in [0.1, 0.15) is 42.4 Å². The normalized spacial score (nSPS) is 16.4. The molecule has 1 unspecified atom stereocenters. The number of hydrogen-bond acceptors (Lipinski definition) is 7. The maximum absolute atomic E-state index is 13.8. The van der Waals surface area contributed by atoms with Crippen molar-refractivity contribution in [1.82, 2.24) is 34.6 Å². The molecule has 1 aliphatic rings. The fraction of sp³-hybridized carbons (Fsp3) is 0.423. The highest BCUT2D eigenvalue weighted by atomic mass is 19.4. The van der Waals surface area contributed by atoms with E-state index < -0.39 is 23.4 Å². The third-order valence-electron chi connectivity index (χ3n) is 7.13. The summed E-state index contributed by atoms with van der Waals surface area (Å²) in [5.74, 6) is -1.31. The molecule has 40 heavy (non-hydrogen) atoms. The molecular formula is C26H31F3N8O3. The van der Waals surface area contributed by atoms with Crippen molar-refractivity contribution in [3.63, 3.8) is 0 Å². The van der Waals surface area contributed by atoms with Gasteiger partial charge in [-0.2, -0.15) is 18.3 Å². The number of nitrogens with one attached hydrogen (secondary N) is 1. The monoisotopic (exact) mass is 560 g/mol. The van der Waals surface area contributed by atoms with E-state index in [9.17, 15) is 27.6 Å². The summed E-state index contributed by atoms with van der Waals surface area (Å²) in [6, 6.07) is 9.45. The topological polar surface area (TPSA) is 129 Å². The first-order valence-corrected chi connectivity index (χ1v) is 12.5. The van der Waals surface area contributed by atoms with Crippen molar-refractivity contribution in [2.24, 2.45) is 0 Å². The quantitative estimate of drug-likeness (QED) is 0.452. The van der Waals surface area contributed by atoms with Crippen molar-refractivity contribution in [2.45, 2.75) is 45.2 Å². The molecule has 1 fully saturated rings. The predicted molar refractivity (Wildman–Crippen MR) is 140 cm³/mol. The summed E-state index contributed by atoms with van der Waals surface area (Å²) in [5.41, 5.74) is 3.85. The Hall–Kier alpha value is -4.20. The van der Waals surface area contributed by atoms with Crippen LogP contribution in [0.4, 0.5) is 19.0 Å². The van der Waals surface area contributed by atoms with Gasteiger partial charge in [0, 0.05) is 32.1 Å². The lowest BCUT2D eigenvalue weighted by atomic mass is 9.96. The van der Waals surface area contributed by atoms with Crippen molar-refractivity contribution in [1.29, 1.82) is 0 Å². The second-order valence-corrected chi connectivity index (χ2v) is 10.2. The summed E-state index contributed by atoms with van der Waals surface area (Å²) in [7, 11) is 1.63. The number of carbonyl (C=O) groups excluding carboxylic acids is 3. The smallest absolute Gasteiger partial charge is 0.382 e. The van der Waals surface area contributed by atoms with Gasteiger partial charge in [0.2, 0.25) is 11.8 Å². The van der Waals surface area contributed by atoms with E-state index in [0.717, 1.165) is 16.9 Å². The third kappa shape index (κ3) is 5.43. The van der Waals surface area contributed by atoms with Gasteiger partial charge in [0.15, 0.2) is 5.82 Å². The number of nitrogen functional groups attached to an aromatic ring is 1. The Morgan fingerprint density at radius 2 is 1.88 bits per heavy atom. The number of likely N-dealkylation sites (N-methyl/N-ethyl adjacent to an activating group) is 1. The van der Waals surface area contributed by atoms with Gasteiger partial charge in [-0.3, -0.25) is 19.3 Å². The van der Waals surface area contributed by atoms with Crippen LogP contribution in [0.2, 0.25) is 0 Å². The lowest BCUT2D eigenvalue weighted by Gasteiger charge is -2.49. The van der Waals surface area contributed by atoms with Crippen molar-refractivity contribution in [2.75, 3.05) is 32.4 Å². The molecular weight excluding hydrogens is 529 g/mol. The minimum Gasteiger partial charge on any atom is -0.382 e. The molecule has 0 bridgehead atoms. The number of carbonyl (C=O) groups is 3. The first-order valence-electron chi connectivity index (χ1n) is 12.5. The Kier molecular flexibility index (Phi) is 7.74. The largest absolute Gasteiger partial charge is 0.418 e. The van der Waals surface area contributed by atoms with Gasteiger partial charge in [-0.1, -0.05) is 18.2 Å². The first-order chi connectivity index (χ1) is 18.7. The molecule has 3 N–H and O–H groups in total. The van der Waals surface area contributed by atoms with E-state index in [1.54, 1.807) is 56.1 Å². The number of rotatable bonds is 7. The molecule has 3 aromatic rings. The molecule has 0 saturated carbocycles. The first kappa shape index (κ1) is 28.8. The van der Waals surface area contributed by atoms with Gasteiger partial charge >= 0.3 is 6.18 Å². The summed E-state index contributed by atoms with van der Waals surface area (Å²) >= 11 is 0. The molecule has 0 spiro atoms. The van der Waals surface area contributed by atoms with E-state index in [2.05, 4.69) is 15.4 Å². The van der Waals surface area contributed by atoms with Crippen LogP contribution >= 0.6 is 0 Å². The van der Waals surface area contributed by atoms with Crippen molar-refractivity contribution in [3.05, 3.63) is 59.5 Å². The number of alkyl halides is 3. The highest BCUT2D eigenvalue weighted by molar-refractivity contribution is 5.94. The minimum absolute atomic E-state index is 0.0291. The van der Waals surface area contributed by atoms with E-state index in [-0.39, 0.29) is 60.9 Å². The average molecular weight is 561 g/mol. The van der Waals surface area contributed by atoms with Gasteiger partial charge < -0.3 is 20.9 Å². The Morgan fingerprint density at radius 3 is 2.50 bits per heavy atom. The Bertz CT molecular complexity index is 1420. The molecule has 2 aromatic heterocycles. The molecule has 0 radical (unpaired) electrons. The minimum atomic E-state index is -4.70. The lowest BCUT2D eigenvalue weighted by molar-refractivity contribution is -0.163. The number of anilines is 1. The predicted octanol–water partition coefficient (Wildman–Crippen LogP) is 1.99. The van der Waals surface area contributed by atoms with Crippen molar-refractivity contribution < 1.29 is 27.6 Å². The molecule has 1 saturated heterocycles. The fourth-order valence-electron chi connectivity index (χ4n) is 5.09. The number of nitrogens with zero attached hydrogens (tertiary/aromatic N) is 6. The maximum Gasteiger partial charge on any atom is 0.418 e. The van der Waals surface area contributed by atoms with Crippen LogP contribution < -0.4 is 11.1 Å². The number of fused-ring (bicyclic) bond motifs is 1. The Morgan fingerprint density at radius 1 is 1.20 bits per heavy atom. The van der Waals surface area contributed by atoms with Crippen LogP contribution in [-0.2, 0) is 22.3 Å². The van der Waals surface area contributed by atoms with Crippen LogP contribution in [0.25, 0.3) is 5.52 Å². The van der Waals surface area contributed by atoms with E-state index in [4.69, 9.17) is 5.73 Å². The summed E-state index contributed by atoms with van der Waals surface area (Å²) < 4.78 is 42.6. The summed E-state index contributed by atoms with van der Waals surface area (Å²) in [6.45, 7) is 4.96. The number of benzene rings is 1. The number of piperazine rings is 1. The van der Waals surface area contributed by atoms with Gasteiger partial charge in [-0.25, -0.2) is 9.50 Å². The number of halogens is 3. The maximum atomic E-state index is 13.8. The second kappa shape index (κ2) is 10.8. The summed E-state index contributed by atoms with van der Waals surface area (Å²) in [6.07, 6.45) is -4.41. The summed E-state index contributed by atoms with van der Waals surface area (Å²) in [4.78, 5) is 47.1. The molecule has 4 rings (SSSR count). The molecule has 1 aromatic carbocycles. The Labute approximate surface area is 228 Å².